The van der Waals surface area contributed by atoms with Gasteiger partial charge in [0.25, 0.3) is 0 Å². The van der Waals surface area contributed by atoms with E-state index in [9.17, 15) is 4.79 Å². The van der Waals surface area contributed by atoms with Crippen LogP contribution in [0.2, 0.25) is 0 Å². The molecule has 1 N–H and O–H groups in total. The van der Waals surface area contributed by atoms with Crippen molar-refractivity contribution in [3.63, 3.8) is 0 Å². The molecule has 5 nitrogen and oxygen atoms in total. The lowest BCUT2D eigenvalue weighted by molar-refractivity contribution is -0.137. The van der Waals surface area contributed by atoms with E-state index in [4.69, 9.17) is 9.84 Å². The van der Waals surface area contributed by atoms with E-state index >= 15 is 0 Å². The summed E-state index contributed by atoms with van der Waals surface area (Å²) in [6.45, 7) is 2.84. The second-order valence-corrected chi connectivity index (χ2v) is 5.35. The molecule has 0 radical (unpaired) electrons. The molecule has 0 aliphatic carbocycles. The Morgan fingerprint density at radius 2 is 2.45 bits per heavy atom. The third-order valence-corrected chi connectivity index (χ3v) is 3.81. The summed E-state index contributed by atoms with van der Waals surface area (Å²) in [4.78, 5) is 17.2. The Labute approximate surface area is 119 Å². The van der Waals surface area contributed by atoms with Gasteiger partial charge in [0.2, 0.25) is 5.88 Å². The van der Waals surface area contributed by atoms with Crippen LogP contribution in [-0.2, 0) is 11.3 Å². The minimum atomic E-state index is -0.698. The summed E-state index contributed by atoms with van der Waals surface area (Å²) in [5.41, 5.74) is 1.09. The second kappa shape index (κ2) is 7.24. The number of methoxy groups -OCH3 is 1. The standard InChI is InChI=1S/C15H22N2O3/c1-20-15-13(5-2-8-16-15)11-17-9-3-4-12(10-17)6-7-14(18)19/h2,5,8,12H,3-4,6-7,9-11H2,1H3,(H,18,19). The maximum absolute atomic E-state index is 10.7. The second-order valence-electron chi connectivity index (χ2n) is 5.35. The molecule has 110 valence electrons. The van der Waals surface area contributed by atoms with Crippen molar-refractivity contribution >= 4 is 5.97 Å². The normalized spacial score (nSPS) is 19.8. The number of hydrogen-bond acceptors (Lipinski definition) is 4. The quantitative estimate of drug-likeness (QED) is 0.864. The number of rotatable bonds is 6. The van der Waals surface area contributed by atoms with Gasteiger partial charge in [-0.1, -0.05) is 6.07 Å². The van der Waals surface area contributed by atoms with E-state index in [1.165, 1.54) is 0 Å². The van der Waals surface area contributed by atoms with Crippen LogP contribution in [0, 0.1) is 5.92 Å². The molecular weight excluding hydrogens is 256 g/mol. The zero-order valence-corrected chi connectivity index (χ0v) is 11.9. The van der Waals surface area contributed by atoms with Crippen molar-refractivity contribution in [1.82, 2.24) is 9.88 Å². The van der Waals surface area contributed by atoms with E-state index in [1.54, 1.807) is 13.3 Å². The van der Waals surface area contributed by atoms with Crippen LogP contribution in [0.4, 0.5) is 0 Å². The summed E-state index contributed by atoms with van der Waals surface area (Å²) in [6.07, 6.45) is 5.04. The maximum Gasteiger partial charge on any atom is 0.303 e. The van der Waals surface area contributed by atoms with Gasteiger partial charge in [0, 0.05) is 31.3 Å². The lowest BCUT2D eigenvalue weighted by Gasteiger charge is -2.32. The van der Waals surface area contributed by atoms with Crippen LogP contribution in [0.15, 0.2) is 18.3 Å². The summed E-state index contributed by atoms with van der Waals surface area (Å²) in [5.74, 6) is 0.471. The van der Waals surface area contributed by atoms with Crippen LogP contribution < -0.4 is 4.74 Å². The van der Waals surface area contributed by atoms with E-state index in [0.29, 0.717) is 11.8 Å². The number of carboxylic acid groups (broad SMARTS) is 1. The average molecular weight is 278 g/mol. The predicted octanol–water partition coefficient (Wildman–Crippen LogP) is 2.17. The Kier molecular flexibility index (Phi) is 5.35. The molecule has 1 aromatic heterocycles. The highest BCUT2D eigenvalue weighted by molar-refractivity contribution is 5.66. The third-order valence-electron chi connectivity index (χ3n) is 3.81. The number of aliphatic carboxylic acids is 1. The van der Waals surface area contributed by atoms with E-state index in [0.717, 1.165) is 44.5 Å². The molecule has 1 atom stereocenters. The van der Waals surface area contributed by atoms with Crippen molar-refractivity contribution in [1.29, 1.82) is 0 Å². The van der Waals surface area contributed by atoms with E-state index in [1.807, 2.05) is 12.1 Å². The van der Waals surface area contributed by atoms with Gasteiger partial charge in [-0.2, -0.15) is 0 Å². The molecule has 2 heterocycles. The van der Waals surface area contributed by atoms with E-state index < -0.39 is 5.97 Å². The van der Waals surface area contributed by atoms with Gasteiger partial charge in [-0.05, 0) is 37.8 Å². The molecule has 0 amide bonds. The summed E-state index contributed by atoms with van der Waals surface area (Å²) in [6, 6.07) is 3.95. The SMILES string of the molecule is COc1ncccc1CN1CCCC(CCC(=O)O)C1. The molecule has 2 rings (SSSR count). The fraction of sp³-hybridized carbons (Fsp3) is 0.600. The fourth-order valence-electron chi connectivity index (χ4n) is 2.83. The molecule has 5 heteroatoms. The molecule has 1 aromatic rings. The van der Waals surface area contributed by atoms with Crippen molar-refractivity contribution in [2.45, 2.75) is 32.2 Å². The molecule has 1 aliphatic rings. The van der Waals surface area contributed by atoms with Crippen molar-refractivity contribution in [3.8, 4) is 5.88 Å². The Balaban J connectivity index is 1.90. The number of likely N-dealkylation sites (tertiary alicyclic amines) is 1. The van der Waals surface area contributed by atoms with Crippen LogP contribution in [0.1, 0.15) is 31.2 Å². The van der Waals surface area contributed by atoms with Crippen LogP contribution in [0.25, 0.3) is 0 Å². The Bertz CT molecular complexity index is 450. The minimum absolute atomic E-state index is 0.273. The lowest BCUT2D eigenvalue weighted by atomic mass is 9.93. The Hall–Kier alpha value is -1.62. The number of piperidine rings is 1. The molecule has 20 heavy (non-hydrogen) atoms. The molecule has 1 fully saturated rings. The molecule has 0 saturated carbocycles. The van der Waals surface area contributed by atoms with Crippen LogP contribution >= 0.6 is 0 Å². The number of aromatic nitrogens is 1. The number of carbonyl (C=O) groups is 1. The first-order valence-electron chi connectivity index (χ1n) is 7.11. The average Bonchev–Trinajstić information content (AvgIpc) is 2.46. The van der Waals surface area contributed by atoms with Gasteiger partial charge in [0.05, 0.1) is 7.11 Å². The summed E-state index contributed by atoms with van der Waals surface area (Å²) in [5, 5.41) is 8.78. The summed E-state index contributed by atoms with van der Waals surface area (Å²) in [7, 11) is 1.64. The molecule has 0 aromatic carbocycles. The smallest absolute Gasteiger partial charge is 0.303 e. The first kappa shape index (κ1) is 14.8. The van der Waals surface area contributed by atoms with Gasteiger partial charge >= 0.3 is 5.97 Å². The molecule has 0 bridgehead atoms. The van der Waals surface area contributed by atoms with Crippen LogP contribution in [-0.4, -0.2) is 41.2 Å². The summed E-state index contributed by atoms with van der Waals surface area (Å²) >= 11 is 0. The van der Waals surface area contributed by atoms with Gasteiger partial charge in [-0.25, -0.2) is 4.98 Å². The number of pyridine rings is 1. The Morgan fingerprint density at radius 1 is 1.60 bits per heavy atom. The largest absolute Gasteiger partial charge is 0.481 e. The highest BCUT2D eigenvalue weighted by Crippen LogP contribution is 2.24. The first-order valence-corrected chi connectivity index (χ1v) is 7.11. The van der Waals surface area contributed by atoms with Crippen LogP contribution in [0.5, 0.6) is 5.88 Å². The van der Waals surface area contributed by atoms with Crippen molar-refractivity contribution in [2.24, 2.45) is 5.92 Å². The first-order chi connectivity index (χ1) is 9.69. The molecular formula is C15H22N2O3. The highest BCUT2D eigenvalue weighted by Gasteiger charge is 2.21. The topological polar surface area (TPSA) is 62.7 Å². The van der Waals surface area contributed by atoms with Gasteiger partial charge < -0.3 is 9.84 Å². The van der Waals surface area contributed by atoms with Crippen molar-refractivity contribution in [3.05, 3.63) is 23.9 Å². The highest BCUT2D eigenvalue weighted by atomic mass is 16.5. The fourth-order valence-corrected chi connectivity index (χ4v) is 2.83. The number of hydrogen-bond donors (Lipinski definition) is 1. The number of nitrogens with zero attached hydrogens (tertiary/aromatic N) is 2. The minimum Gasteiger partial charge on any atom is -0.481 e. The number of ether oxygens (including phenoxy) is 1. The van der Waals surface area contributed by atoms with Gasteiger partial charge in [-0.3, -0.25) is 9.69 Å². The monoisotopic (exact) mass is 278 g/mol. The predicted molar refractivity (Wildman–Crippen MR) is 75.7 cm³/mol. The van der Waals surface area contributed by atoms with Gasteiger partial charge in [0.1, 0.15) is 0 Å². The van der Waals surface area contributed by atoms with Gasteiger partial charge in [-0.15, -0.1) is 0 Å². The maximum atomic E-state index is 10.7. The Morgan fingerprint density at radius 3 is 3.20 bits per heavy atom. The van der Waals surface area contributed by atoms with Crippen LogP contribution in [0.3, 0.4) is 0 Å². The zero-order chi connectivity index (χ0) is 14.4. The van der Waals surface area contributed by atoms with E-state index in [-0.39, 0.29) is 6.42 Å². The van der Waals surface area contributed by atoms with E-state index in [2.05, 4.69) is 9.88 Å². The molecule has 0 spiro atoms. The van der Waals surface area contributed by atoms with Crippen molar-refractivity contribution in [2.75, 3.05) is 20.2 Å². The van der Waals surface area contributed by atoms with Crippen molar-refractivity contribution < 1.29 is 14.6 Å². The lowest BCUT2D eigenvalue weighted by Crippen LogP contribution is -2.35. The molecule has 1 saturated heterocycles. The summed E-state index contributed by atoms with van der Waals surface area (Å²) < 4.78 is 5.28. The molecule has 1 aliphatic heterocycles. The number of carboxylic acids is 1. The van der Waals surface area contributed by atoms with Gasteiger partial charge in [0.15, 0.2) is 0 Å². The molecule has 1 unspecified atom stereocenters. The third kappa shape index (κ3) is 4.20. The zero-order valence-electron chi connectivity index (χ0n) is 11.9.